The SMILES string of the molecule is COc1ccccc1CN(Cc1ncc[nH]1)C[C@H]1CCCO1. The Hall–Kier alpha value is -1.85. The van der Waals surface area contributed by atoms with Crippen molar-refractivity contribution in [3.8, 4) is 5.75 Å². The Bertz CT molecular complexity index is 565. The topological polar surface area (TPSA) is 50.4 Å². The molecule has 118 valence electrons. The highest BCUT2D eigenvalue weighted by Gasteiger charge is 2.20. The highest BCUT2D eigenvalue weighted by Crippen LogP contribution is 2.21. The molecular formula is C17H23N3O2. The standard InChI is InChI=1S/C17H23N3O2/c1-21-16-7-3-2-5-14(16)11-20(12-15-6-4-10-22-15)13-17-18-8-9-19-17/h2-3,5,7-9,15H,4,6,10-13H2,1H3,(H,18,19)/t15-/m1/s1. The zero-order valence-electron chi connectivity index (χ0n) is 13.0. The fourth-order valence-corrected chi connectivity index (χ4v) is 2.93. The number of imidazole rings is 1. The van der Waals surface area contributed by atoms with Gasteiger partial charge in [0.1, 0.15) is 11.6 Å². The summed E-state index contributed by atoms with van der Waals surface area (Å²) >= 11 is 0. The van der Waals surface area contributed by atoms with E-state index in [1.165, 1.54) is 5.56 Å². The van der Waals surface area contributed by atoms with Gasteiger partial charge in [0.15, 0.2) is 0 Å². The monoisotopic (exact) mass is 301 g/mol. The number of hydrogen-bond donors (Lipinski definition) is 1. The molecule has 2 heterocycles. The molecule has 3 rings (SSSR count). The van der Waals surface area contributed by atoms with E-state index < -0.39 is 0 Å². The third-order valence-electron chi connectivity index (χ3n) is 4.00. The van der Waals surface area contributed by atoms with Crippen LogP contribution in [-0.2, 0) is 17.8 Å². The molecule has 22 heavy (non-hydrogen) atoms. The second kappa shape index (κ2) is 7.42. The van der Waals surface area contributed by atoms with Crippen molar-refractivity contribution in [2.24, 2.45) is 0 Å². The van der Waals surface area contributed by atoms with E-state index in [-0.39, 0.29) is 0 Å². The third kappa shape index (κ3) is 3.87. The maximum atomic E-state index is 5.79. The van der Waals surface area contributed by atoms with Gasteiger partial charge in [-0.1, -0.05) is 18.2 Å². The summed E-state index contributed by atoms with van der Waals surface area (Å²) in [6.07, 6.45) is 6.28. The quantitative estimate of drug-likeness (QED) is 0.854. The molecular weight excluding hydrogens is 278 g/mol. The van der Waals surface area contributed by atoms with Crippen LogP contribution in [0.5, 0.6) is 5.75 Å². The maximum Gasteiger partial charge on any atom is 0.123 e. The van der Waals surface area contributed by atoms with Gasteiger partial charge in [-0.05, 0) is 18.9 Å². The number of aromatic nitrogens is 2. The zero-order valence-corrected chi connectivity index (χ0v) is 13.0. The van der Waals surface area contributed by atoms with Crippen molar-refractivity contribution in [3.05, 3.63) is 48.0 Å². The number of benzene rings is 1. The third-order valence-corrected chi connectivity index (χ3v) is 4.00. The molecule has 0 spiro atoms. The molecule has 0 unspecified atom stereocenters. The van der Waals surface area contributed by atoms with E-state index in [2.05, 4.69) is 27.0 Å². The Morgan fingerprint density at radius 2 is 2.27 bits per heavy atom. The summed E-state index contributed by atoms with van der Waals surface area (Å²) in [7, 11) is 1.72. The molecule has 5 nitrogen and oxygen atoms in total. The number of hydrogen-bond acceptors (Lipinski definition) is 4. The van der Waals surface area contributed by atoms with Crippen LogP contribution in [0.3, 0.4) is 0 Å². The molecule has 0 radical (unpaired) electrons. The Kier molecular flexibility index (Phi) is 5.08. The fraction of sp³-hybridized carbons (Fsp3) is 0.471. The van der Waals surface area contributed by atoms with Crippen LogP contribution >= 0.6 is 0 Å². The summed E-state index contributed by atoms with van der Waals surface area (Å²) in [5.41, 5.74) is 1.19. The van der Waals surface area contributed by atoms with Crippen LogP contribution in [0.15, 0.2) is 36.7 Å². The summed E-state index contributed by atoms with van der Waals surface area (Å²) in [6, 6.07) is 8.17. The smallest absolute Gasteiger partial charge is 0.123 e. The van der Waals surface area contributed by atoms with Gasteiger partial charge >= 0.3 is 0 Å². The lowest BCUT2D eigenvalue weighted by Crippen LogP contribution is -2.32. The van der Waals surface area contributed by atoms with Crippen LogP contribution in [-0.4, -0.2) is 41.2 Å². The Balaban J connectivity index is 1.71. The molecule has 1 aliphatic rings. The van der Waals surface area contributed by atoms with Gasteiger partial charge in [0.25, 0.3) is 0 Å². The molecule has 1 N–H and O–H groups in total. The molecule has 0 aliphatic carbocycles. The van der Waals surface area contributed by atoms with Crippen LogP contribution in [0.1, 0.15) is 24.2 Å². The van der Waals surface area contributed by atoms with Crippen molar-refractivity contribution in [3.63, 3.8) is 0 Å². The lowest BCUT2D eigenvalue weighted by molar-refractivity contribution is 0.0668. The molecule has 0 bridgehead atoms. The van der Waals surface area contributed by atoms with Crippen LogP contribution in [0, 0.1) is 0 Å². The van der Waals surface area contributed by atoms with E-state index in [1.807, 2.05) is 18.3 Å². The van der Waals surface area contributed by atoms with Crippen LogP contribution < -0.4 is 4.74 Å². The molecule has 5 heteroatoms. The molecule has 1 aromatic carbocycles. The molecule has 0 amide bonds. The first-order chi connectivity index (χ1) is 10.8. The van der Waals surface area contributed by atoms with Gasteiger partial charge in [-0.3, -0.25) is 4.90 Å². The second-order valence-corrected chi connectivity index (χ2v) is 5.65. The predicted molar refractivity (Wildman–Crippen MR) is 84.7 cm³/mol. The maximum absolute atomic E-state index is 5.79. The number of methoxy groups -OCH3 is 1. The highest BCUT2D eigenvalue weighted by molar-refractivity contribution is 5.33. The largest absolute Gasteiger partial charge is 0.496 e. The minimum Gasteiger partial charge on any atom is -0.496 e. The number of nitrogens with one attached hydrogen (secondary N) is 1. The number of ether oxygens (including phenoxy) is 2. The Morgan fingerprint density at radius 3 is 3.00 bits per heavy atom. The van der Waals surface area contributed by atoms with Crippen molar-refractivity contribution in [2.75, 3.05) is 20.3 Å². The number of rotatable bonds is 7. The summed E-state index contributed by atoms with van der Waals surface area (Å²) in [5.74, 6) is 1.91. The van der Waals surface area contributed by atoms with E-state index >= 15 is 0 Å². The van der Waals surface area contributed by atoms with Gasteiger partial charge in [-0.15, -0.1) is 0 Å². The molecule has 1 aliphatic heterocycles. The van der Waals surface area contributed by atoms with Gasteiger partial charge in [-0.2, -0.15) is 0 Å². The average molecular weight is 301 g/mol. The van der Waals surface area contributed by atoms with Crippen molar-refractivity contribution in [2.45, 2.75) is 32.0 Å². The number of H-pyrrole nitrogens is 1. The molecule has 1 aromatic heterocycles. The predicted octanol–water partition coefficient (Wildman–Crippen LogP) is 2.60. The van der Waals surface area contributed by atoms with Crippen molar-refractivity contribution in [1.82, 2.24) is 14.9 Å². The summed E-state index contributed by atoms with van der Waals surface area (Å²) in [6.45, 7) is 3.40. The van der Waals surface area contributed by atoms with E-state index in [9.17, 15) is 0 Å². The normalized spacial score (nSPS) is 18.0. The summed E-state index contributed by atoms with van der Waals surface area (Å²) < 4.78 is 11.3. The van der Waals surface area contributed by atoms with E-state index in [0.29, 0.717) is 6.10 Å². The van der Waals surface area contributed by atoms with Gasteiger partial charge in [0.2, 0.25) is 0 Å². The van der Waals surface area contributed by atoms with Gasteiger partial charge < -0.3 is 14.5 Å². The number of para-hydroxylation sites is 1. The first-order valence-corrected chi connectivity index (χ1v) is 7.79. The number of aromatic amines is 1. The summed E-state index contributed by atoms with van der Waals surface area (Å²) in [5, 5.41) is 0. The van der Waals surface area contributed by atoms with Gasteiger partial charge in [0, 0.05) is 37.7 Å². The first kappa shape index (κ1) is 15.1. The Morgan fingerprint density at radius 1 is 1.36 bits per heavy atom. The fourth-order valence-electron chi connectivity index (χ4n) is 2.93. The lowest BCUT2D eigenvalue weighted by Gasteiger charge is -2.25. The van der Waals surface area contributed by atoms with Crippen LogP contribution in [0.2, 0.25) is 0 Å². The van der Waals surface area contributed by atoms with Crippen LogP contribution in [0.4, 0.5) is 0 Å². The van der Waals surface area contributed by atoms with Crippen molar-refractivity contribution < 1.29 is 9.47 Å². The molecule has 1 saturated heterocycles. The Labute approximate surface area is 131 Å². The van der Waals surface area contributed by atoms with E-state index in [0.717, 1.165) is 50.7 Å². The first-order valence-electron chi connectivity index (χ1n) is 7.79. The average Bonchev–Trinajstić information content (AvgIpc) is 3.21. The molecule has 1 fully saturated rings. The van der Waals surface area contributed by atoms with E-state index in [4.69, 9.17) is 9.47 Å². The highest BCUT2D eigenvalue weighted by atomic mass is 16.5. The van der Waals surface area contributed by atoms with Gasteiger partial charge in [-0.25, -0.2) is 4.98 Å². The molecule has 2 aromatic rings. The zero-order chi connectivity index (χ0) is 15.2. The van der Waals surface area contributed by atoms with E-state index in [1.54, 1.807) is 13.3 Å². The minimum absolute atomic E-state index is 0.324. The number of nitrogens with zero attached hydrogens (tertiary/aromatic N) is 2. The van der Waals surface area contributed by atoms with Crippen molar-refractivity contribution >= 4 is 0 Å². The van der Waals surface area contributed by atoms with Gasteiger partial charge in [0.05, 0.1) is 19.8 Å². The second-order valence-electron chi connectivity index (χ2n) is 5.65. The van der Waals surface area contributed by atoms with Crippen molar-refractivity contribution in [1.29, 1.82) is 0 Å². The molecule has 0 saturated carbocycles. The minimum atomic E-state index is 0.324. The summed E-state index contributed by atoms with van der Waals surface area (Å²) in [4.78, 5) is 9.90. The van der Waals surface area contributed by atoms with Crippen LogP contribution in [0.25, 0.3) is 0 Å². The lowest BCUT2D eigenvalue weighted by atomic mass is 10.1. The molecule has 1 atom stereocenters.